The van der Waals surface area contributed by atoms with Gasteiger partial charge >= 0.3 is 6.18 Å². The molecule has 1 aliphatic rings. The van der Waals surface area contributed by atoms with E-state index in [0.29, 0.717) is 22.4 Å². The smallest absolute Gasteiger partial charge is 0.350 e. The van der Waals surface area contributed by atoms with Gasteiger partial charge in [-0.2, -0.15) is 13.2 Å². The minimum absolute atomic E-state index is 0.237. The first-order valence-electron chi connectivity index (χ1n) is 7.35. The van der Waals surface area contributed by atoms with Gasteiger partial charge in [0.05, 0.1) is 4.88 Å². The van der Waals surface area contributed by atoms with Crippen molar-refractivity contribution in [2.45, 2.75) is 32.0 Å². The monoisotopic (exact) mass is 343 g/mol. The van der Waals surface area contributed by atoms with Crippen LogP contribution in [0.2, 0.25) is 0 Å². The number of rotatable bonds is 3. The lowest BCUT2D eigenvalue weighted by atomic mass is 10.1. The lowest BCUT2D eigenvalue weighted by molar-refractivity contribution is -0.140. The van der Waals surface area contributed by atoms with Crippen LogP contribution in [0.5, 0.6) is 0 Å². The van der Waals surface area contributed by atoms with Crippen molar-refractivity contribution in [2.24, 2.45) is 0 Å². The van der Waals surface area contributed by atoms with E-state index in [1.54, 1.807) is 6.92 Å². The van der Waals surface area contributed by atoms with Gasteiger partial charge in [-0.25, -0.2) is 4.98 Å². The van der Waals surface area contributed by atoms with Crippen molar-refractivity contribution in [3.63, 3.8) is 0 Å². The van der Waals surface area contributed by atoms with Gasteiger partial charge in [-0.3, -0.25) is 4.79 Å². The first-order valence-corrected chi connectivity index (χ1v) is 8.17. The normalized spacial score (nSPS) is 18.5. The fraction of sp³-hybridized carbons (Fsp3) is 0.467. The fourth-order valence-electron chi connectivity index (χ4n) is 2.70. The predicted octanol–water partition coefficient (Wildman–Crippen LogP) is 3.11. The van der Waals surface area contributed by atoms with Crippen molar-refractivity contribution in [2.75, 3.05) is 13.1 Å². The number of thiophene rings is 1. The topological polar surface area (TPSA) is 54.0 Å². The minimum atomic E-state index is -4.48. The van der Waals surface area contributed by atoms with Crippen LogP contribution in [0, 0.1) is 6.92 Å². The molecule has 0 radical (unpaired) electrons. The molecule has 23 heavy (non-hydrogen) atoms. The molecule has 124 valence electrons. The van der Waals surface area contributed by atoms with Crippen molar-refractivity contribution in [3.05, 3.63) is 28.3 Å². The molecule has 1 aliphatic heterocycles. The second-order valence-corrected chi connectivity index (χ2v) is 6.61. The number of carbonyl (C=O) groups excluding carboxylic acids is 1. The van der Waals surface area contributed by atoms with Crippen LogP contribution in [0.25, 0.3) is 10.2 Å². The molecule has 1 fully saturated rings. The standard InChI is InChI=1S/C15H16F3N3OS/c1-8-10-4-5-11(15(16,17)18)21-14(10)23-12(8)13(22)20-7-9-3-2-6-19-9/h4-5,9,19H,2-3,6-7H2,1H3,(H,20,22). The Morgan fingerprint density at radius 1 is 1.48 bits per heavy atom. The third-order valence-corrected chi connectivity index (χ3v) is 5.17. The molecule has 0 aromatic carbocycles. The lowest BCUT2D eigenvalue weighted by Crippen LogP contribution is -2.37. The van der Waals surface area contributed by atoms with Crippen LogP contribution in [0.15, 0.2) is 12.1 Å². The van der Waals surface area contributed by atoms with Gasteiger partial charge in [0.2, 0.25) is 0 Å². The number of nitrogens with zero attached hydrogens (tertiary/aromatic N) is 1. The summed E-state index contributed by atoms with van der Waals surface area (Å²) in [7, 11) is 0. The van der Waals surface area contributed by atoms with Gasteiger partial charge in [-0.15, -0.1) is 11.3 Å². The van der Waals surface area contributed by atoms with E-state index in [-0.39, 0.29) is 16.8 Å². The second-order valence-electron chi connectivity index (χ2n) is 5.61. The van der Waals surface area contributed by atoms with Crippen LogP contribution in [0.1, 0.15) is 33.8 Å². The Bertz CT molecular complexity index is 735. The molecule has 1 saturated heterocycles. The van der Waals surface area contributed by atoms with E-state index in [9.17, 15) is 18.0 Å². The number of fused-ring (bicyclic) bond motifs is 1. The molecule has 1 unspecified atom stereocenters. The summed E-state index contributed by atoms with van der Waals surface area (Å²) in [6.45, 7) is 3.21. The third-order valence-electron chi connectivity index (χ3n) is 3.97. The highest BCUT2D eigenvalue weighted by Crippen LogP contribution is 2.34. The van der Waals surface area contributed by atoms with E-state index >= 15 is 0 Å². The number of amides is 1. The Labute approximate surface area is 135 Å². The van der Waals surface area contributed by atoms with Gasteiger partial charge in [0.15, 0.2) is 0 Å². The predicted molar refractivity (Wildman–Crippen MR) is 82.7 cm³/mol. The highest BCUT2D eigenvalue weighted by molar-refractivity contribution is 7.20. The number of pyridine rings is 1. The van der Waals surface area contributed by atoms with Crippen LogP contribution in [0.4, 0.5) is 13.2 Å². The Kier molecular flexibility index (Phi) is 4.29. The zero-order chi connectivity index (χ0) is 16.6. The number of alkyl halides is 3. The van der Waals surface area contributed by atoms with E-state index < -0.39 is 11.9 Å². The number of carbonyl (C=O) groups is 1. The molecule has 2 N–H and O–H groups in total. The number of hydrogen-bond acceptors (Lipinski definition) is 4. The molecule has 0 bridgehead atoms. The van der Waals surface area contributed by atoms with Gasteiger partial charge < -0.3 is 10.6 Å². The molecule has 0 saturated carbocycles. The maximum absolute atomic E-state index is 12.7. The Morgan fingerprint density at radius 2 is 2.26 bits per heavy atom. The van der Waals surface area contributed by atoms with Crippen LogP contribution >= 0.6 is 11.3 Å². The Balaban J connectivity index is 1.82. The molecule has 8 heteroatoms. The molecular weight excluding hydrogens is 327 g/mol. The Hall–Kier alpha value is -1.67. The third kappa shape index (κ3) is 3.32. The highest BCUT2D eigenvalue weighted by atomic mass is 32.1. The molecular formula is C15H16F3N3OS. The highest BCUT2D eigenvalue weighted by Gasteiger charge is 2.33. The molecule has 4 nitrogen and oxygen atoms in total. The van der Waals surface area contributed by atoms with Gasteiger partial charge in [-0.05, 0) is 44.0 Å². The SMILES string of the molecule is Cc1c(C(=O)NCC2CCCN2)sc2nc(C(F)(F)F)ccc12. The van der Waals surface area contributed by atoms with E-state index in [4.69, 9.17) is 0 Å². The molecule has 2 aromatic heterocycles. The van der Waals surface area contributed by atoms with Gasteiger partial charge in [0.1, 0.15) is 10.5 Å². The summed E-state index contributed by atoms with van der Waals surface area (Å²) in [4.78, 5) is 16.6. The summed E-state index contributed by atoms with van der Waals surface area (Å²) in [5.74, 6) is -0.257. The summed E-state index contributed by atoms with van der Waals surface area (Å²) < 4.78 is 38.2. The van der Waals surface area contributed by atoms with Gasteiger partial charge in [0.25, 0.3) is 5.91 Å². The quantitative estimate of drug-likeness (QED) is 0.900. The van der Waals surface area contributed by atoms with Gasteiger partial charge in [0, 0.05) is 18.0 Å². The average Bonchev–Trinajstić information content (AvgIpc) is 3.12. The summed E-state index contributed by atoms with van der Waals surface area (Å²) in [5.41, 5.74) is -0.267. The van der Waals surface area contributed by atoms with Crippen molar-refractivity contribution in [3.8, 4) is 0 Å². The Morgan fingerprint density at radius 3 is 2.91 bits per heavy atom. The van der Waals surface area contributed by atoms with E-state index in [1.807, 2.05) is 0 Å². The summed E-state index contributed by atoms with van der Waals surface area (Å²) in [5, 5.41) is 6.72. The summed E-state index contributed by atoms with van der Waals surface area (Å²) in [6.07, 6.45) is -2.38. The molecule has 0 spiro atoms. The molecule has 3 rings (SSSR count). The second kappa shape index (κ2) is 6.09. The minimum Gasteiger partial charge on any atom is -0.350 e. The van der Waals surface area contributed by atoms with E-state index in [0.717, 1.165) is 36.8 Å². The average molecular weight is 343 g/mol. The zero-order valence-corrected chi connectivity index (χ0v) is 13.3. The number of halogens is 3. The van der Waals surface area contributed by atoms with Crippen molar-refractivity contribution in [1.29, 1.82) is 0 Å². The van der Waals surface area contributed by atoms with E-state index in [2.05, 4.69) is 15.6 Å². The maximum Gasteiger partial charge on any atom is 0.433 e. The van der Waals surface area contributed by atoms with Crippen LogP contribution in [0.3, 0.4) is 0 Å². The largest absolute Gasteiger partial charge is 0.433 e. The number of aromatic nitrogens is 1. The van der Waals surface area contributed by atoms with E-state index in [1.165, 1.54) is 6.07 Å². The lowest BCUT2D eigenvalue weighted by Gasteiger charge is -2.10. The molecule has 3 heterocycles. The van der Waals surface area contributed by atoms with Crippen molar-refractivity contribution >= 4 is 27.5 Å². The molecule has 2 aromatic rings. The molecule has 1 amide bonds. The number of aryl methyl sites for hydroxylation is 1. The fourth-order valence-corrected chi connectivity index (χ4v) is 3.80. The first kappa shape index (κ1) is 16.2. The summed E-state index contributed by atoms with van der Waals surface area (Å²) in [6, 6.07) is 2.60. The number of nitrogens with one attached hydrogen (secondary N) is 2. The van der Waals surface area contributed by atoms with Gasteiger partial charge in [-0.1, -0.05) is 0 Å². The maximum atomic E-state index is 12.7. The number of hydrogen-bond donors (Lipinski definition) is 2. The van der Waals surface area contributed by atoms with Crippen LogP contribution in [-0.2, 0) is 6.18 Å². The van der Waals surface area contributed by atoms with Crippen LogP contribution < -0.4 is 10.6 Å². The summed E-state index contributed by atoms with van der Waals surface area (Å²) >= 11 is 1.00. The first-order chi connectivity index (χ1) is 10.9. The zero-order valence-electron chi connectivity index (χ0n) is 12.5. The van der Waals surface area contributed by atoms with Crippen molar-refractivity contribution < 1.29 is 18.0 Å². The molecule has 0 aliphatic carbocycles. The molecule has 1 atom stereocenters. The van der Waals surface area contributed by atoms with Crippen molar-refractivity contribution in [1.82, 2.24) is 15.6 Å². The van der Waals surface area contributed by atoms with Crippen LogP contribution in [-0.4, -0.2) is 30.0 Å².